The van der Waals surface area contributed by atoms with E-state index >= 15 is 0 Å². The highest BCUT2D eigenvalue weighted by atomic mass is 35.5. The molecule has 9 heteroatoms. The van der Waals surface area contributed by atoms with E-state index < -0.39 is 28.0 Å². The highest BCUT2D eigenvalue weighted by Gasteiger charge is 2.31. The Balaban J connectivity index is 1.94. The number of hydrogen-bond donors (Lipinski definition) is 3. The Labute approximate surface area is 165 Å². The molecule has 1 aliphatic heterocycles. The lowest BCUT2D eigenvalue weighted by Gasteiger charge is -2.24. The summed E-state index contributed by atoms with van der Waals surface area (Å²) < 4.78 is 23.0. The maximum atomic E-state index is 12.6. The topological polar surface area (TPSA) is 104 Å². The normalized spacial score (nSPS) is 20.5. The Morgan fingerprint density at radius 1 is 1.30 bits per heavy atom. The zero-order valence-electron chi connectivity index (χ0n) is 15.5. The zero-order valence-corrected chi connectivity index (χ0v) is 17.1. The predicted molar refractivity (Wildman–Crippen MR) is 105 cm³/mol. The SMILES string of the molecule is CC[C@@H](C)[C@H](NC(=O)N[C@@H]1CCS(=O)(=O)C1)C(=O)NCc1ccccc1Cl. The van der Waals surface area contributed by atoms with Crippen LogP contribution >= 0.6 is 11.6 Å². The van der Waals surface area contributed by atoms with Crippen molar-refractivity contribution in [3.05, 3.63) is 34.9 Å². The lowest BCUT2D eigenvalue weighted by atomic mass is 9.98. The molecule has 1 aliphatic rings. The third-order valence-electron chi connectivity index (χ3n) is 4.76. The molecule has 7 nitrogen and oxygen atoms in total. The molecule has 3 N–H and O–H groups in total. The summed E-state index contributed by atoms with van der Waals surface area (Å²) in [5, 5.41) is 8.70. The summed E-state index contributed by atoms with van der Waals surface area (Å²) in [5.41, 5.74) is 0.788. The van der Waals surface area contributed by atoms with Gasteiger partial charge in [-0.3, -0.25) is 4.79 Å². The molecular formula is C18H26ClN3O4S. The van der Waals surface area contributed by atoms with Gasteiger partial charge in [0.1, 0.15) is 6.04 Å². The van der Waals surface area contributed by atoms with E-state index in [1.807, 2.05) is 32.0 Å². The molecule has 2 rings (SSSR count). The van der Waals surface area contributed by atoms with Crippen molar-refractivity contribution >= 4 is 33.4 Å². The highest BCUT2D eigenvalue weighted by Crippen LogP contribution is 2.15. The first-order chi connectivity index (χ1) is 12.7. The van der Waals surface area contributed by atoms with E-state index in [9.17, 15) is 18.0 Å². The summed E-state index contributed by atoms with van der Waals surface area (Å²) in [4.78, 5) is 24.9. The third-order valence-corrected chi connectivity index (χ3v) is 6.90. The molecule has 0 unspecified atom stereocenters. The monoisotopic (exact) mass is 415 g/mol. The van der Waals surface area contributed by atoms with Crippen LogP contribution in [0.4, 0.5) is 4.79 Å². The molecule has 27 heavy (non-hydrogen) atoms. The smallest absolute Gasteiger partial charge is 0.315 e. The van der Waals surface area contributed by atoms with Gasteiger partial charge in [0.2, 0.25) is 5.91 Å². The van der Waals surface area contributed by atoms with Crippen molar-refractivity contribution in [2.75, 3.05) is 11.5 Å². The highest BCUT2D eigenvalue weighted by molar-refractivity contribution is 7.91. The second-order valence-corrected chi connectivity index (χ2v) is 9.53. The number of rotatable bonds is 7. The van der Waals surface area contributed by atoms with Crippen molar-refractivity contribution < 1.29 is 18.0 Å². The van der Waals surface area contributed by atoms with Crippen LogP contribution < -0.4 is 16.0 Å². The largest absolute Gasteiger partial charge is 0.350 e. The second kappa shape index (κ2) is 9.41. The summed E-state index contributed by atoms with van der Waals surface area (Å²) in [6.07, 6.45) is 1.09. The van der Waals surface area contributed by atoms with E-state index in [0.29, 0.717) is 17.9 Å². The lowest BCUT2D eigenvalue weighted by molar-refractivity contribution is -0.124. The number of nitrogens with one attached hydrogen (secondary N) is 3. The summed E-state index contributed by atoms with van der Waals surface area (Å²) in [5.74, 6) is -0.384. The van der Waals surface area contributed by atoms with Crippen molar-refractivity contribution in [1.82, 2.24) is 16.0 Å². The summed E-state index contributed by atoms with van der Waals surface area (Å²) in [7, 11) is -3.08. The second-order valence-electron chi connectivity index (χ2n) is 6.89. The Morgan fingerprint density at radius 2 is 2.00 bits per heavy atom. The summed E-state index contributed by atoms with van der Waals surface area (Å²) in [6.45, 7) is 4.07. The number of halogens is 1. The van der Waals surface area contributed by atoms with Gasteiger partial charge in [-0.25, -0.2) is 13.2 Å². The molecule has 3 amide bonds. The molecule has 1 aromatic rings. The maximum Gasteiger partial charge on any atom is 0.315 e. The van der Waals surface area contributed by atoms with Crippen molar-refractivity contribution in [3.8, 4) is 0 Å². The molecule has 0 spiro atoms. The van der Waals surface area contributed by atoms with Gasteiger partial charge in [0.25, 0.3) is 0 Å². The van der Waals surface area contributed by atoms with E-state index in [1.165, 1.54) is 0 Å². The first-order valence-corrected chi connectivity index (χ1v) is 11.2. The fourth-order valence-electron chi connectivity index (χ4n) is 2.91. The molecule has 0 aromatic heterocycles. The van der Waals surface area contributed by atoms with Gasteiger partial charge in [-0.15, -0.1) is 0 Å². The first-order valence-electron chi connectivity index (χ1n) is 9.00. The van der Waals surface area contributed by atoms with Crippen LogP contribution in [0.1, 0.15) is 32.3 Å². The standard InChI is InChI=1S/C18H26ClN3O4S/c1-3-12(2)16(17(23)20-10-13-6-4-5-7-15(13)19)22-18(24)21-14-8-9-27(25,26)11-14/h4-7,12,14,16H,3,8-11H2,1-2H3,(H,20,23)(H2,21,22,24)/t12-,14-,16+/m1/s1. The number of carbonyl (C=O) groups is 2. The summed E-state index contributed by atoms with van der Waals surface area (Å²) in [6, 6.07) is 5.54. The molecule has 3 atom stereocenters. The molecule has 150 valence electrons. The van der Waals surface area contributed by atoms with Gasteiger partial charge >= 0.3 is 6.03 Å². The van der Waals surface area contributed by atoms with Gasteiger partial charge in [-0.1, -0.05) is 50.1 Å². The number of carbonyl (C=O) groups excluding carboxylic acids is 2. The van der Waals surface area contributed by atoms with Gasteiger partial charge in [-0.2, -0.15) is 0 Å². The average Bonchev–Trinajstić information content (AvgIpc) is 2.96. The minimum atomic E-state index is -3.08. The Morgan fingerprint density at radius 3 is 2.59 bits per heavy atom. The fourth-order valence-corrected chi connectivity index (χ4v) is 4.79. The number of sulfone groups is 1. The van der Waals surface area contributed by atoms with Gasteiger partial charge in [0, 0.05) is 17.6 Å². The lowest BCUT2D eigenvalue weighted by Crippen LogP contribution is -2.54. The van der Waals surface area contributed by atoms with Crippen molar-refractivity contribution in [1.29, 1.82) is 0 Å². The van der Waals surface area contributed by atoms with Crippen LogP contribution in [0, 0.1) is 5.92 Å². The molecule has 0 radical (unpaired) electrons. The molecule has 0 bridgehead atoms. The minimum absolute atomic E-state index is 0.0624. The van der Waals surface area contributed by atoms with Gasteiger partial charge in [0.05, 0.1) is 11.5 Å². The number of urea groups is 1. The molecule has 1 aromatic carbocycles. The Hall–Kier alpha value is -1.80. The Bertz CT molecular complexity index is 785. The fraction of sp³-hybridized carbons (Fsp3) is 0.556. The van der Waals surface area contributed by atoms with Crippen LogP contribution in [0.2, 0.25) is 5.02 Å². The zero-order chi connectivity index (χ0) is 20.0. The van der Waals surface area contributed by atoms with E-state index in [0.717, 1.165) is 5.56 Å². The predicted octanol–water partition coefficient (Wildman–Crippen LogP) is 1.86. The Kier molecular flexibility index (Phi) is 7.49. The van der Waals surface area contributed by atoms with Crippen molar-refractivity contribution in [3.63, 3.8) is 0 Å². The summed E-state index contributed by atoms with van der Waals surface area (Å²) >= 11 is 6.10. The van der Waals surface area contributed by atoms with Crippen LogP contribution in [-0.4, -0.2) is 43.9 Å². The van der Waals surface area contributed by atoms with E-state index in [2.05, 4.69) is 16.0 Å². The molecule has 0 aliphatic carbocycles. The van der Waals surface area contributed by atoms with Crippen LogP contribution in [0.15, 0.2) is 24.3 Å². The number of amides is 3. The number of hydrogen-bond acceptors (Lipinski definition) is 4. The van der Waals surface area contributed by atoms with Gasteiger partial charge in [-0.05, 0) is 24.0 Å². The molecule has 1 saturated heterocycles. The van der Waals surface area contributed by atoms with Gasteiger partial charge < -0.3 is 16.0 Å². The van der Waals surface area contributed by atoms with Crippen LogP contribution in [0.3, 0.4) is 0 Å². The van der Waals surface area contributed by atoms with Crippen molar-refractivity contribution in [2.24, 2.45) is 5.92 Å². The van der Waals surface area contributed by atoms with E-state index in [4.69, 9.17) is 11.6 Å². The first kappa shape index (κ1) is 21.5. The maximum absolute atomic E-state index is 12.6. The van der Waals surface area contributed by atoms with Crippen LogP contribution in [-0.2, 0) is 21.2 Å². The molecular weight excluding hydrogens is 390 g/mol. The van der Waals surface area contributed by atoms with Crippen LogP contribution in [0.5, 0.6) is 0 Å². The number of benzene rings is 1. The minimum Gasteiger partial charge on any atom is -0.350 e. The van der Waals surface area contributed by atoms with Crippen LogP contribution in [0.25, 0.3) is 0 Å². The third kappa shape index (κ3) is 6.39. The average molecular weight is 416 g/mol. The van der Waals surface area contributed by atoms with E-state index in [-0.39, 0.29) is 29.9 Å². The molecule has 0 saturated carbocycles. The van der Waals surface area contributed by atoms with Gasteiger partial charge in [0.15, 0.2) is 9.84 Å². The quantitative estimate of drug-likeness (QED) is 0.632. The van der Waals surface area contributed by atoms with E-state index in [1.54, 1.807) is 6.07 Å². The van der Waals surface area contributed by atoms with Crippen molar-refractivity contribution in [2.45, 2.75) is 45.3 Å². The molecule has 1 heterocycles. The molecule has 1 fully saturated rings.